The Kier molecular flexibility index (Phi) is 5.71. The minimum atomic E-state index is 0.566. The Balaban J connectivity index is 1.78. The Bertz CT molecular complexity index is 1180. The molecular formula is C21H20ClN5OS. The van der Waals surface area contributed by atoms with Gasteiger partial charge < -0.3 is 14.3 Å². The van der Waals surface area contributed by atoms with E-state index >= 15 is 0 Å². The van der Waals surface area contributed by atoms with Crippen LogP contribution >= 0.6 is 23.4 Å². The highest BCUT2D eigenvalue weighted by Gasteiger charge is 2.16. The fourth-order valence-electron chi connectivity index (χ4n) is 3.25. The molecule has 0 saturated heterocycles. The van der Waals surface area contributed by atoms with Crippen molar-refractivity contribution < 1.29 is 4.74 Å². The number of fused-ring (bicyclic) bond motifs is 1. The van der Waals surface area contributed by atoms with E-state index in [9.17, 15) is 0 Å². The first-order valence-electron chi connectivity index (χ1n) is 9.00. The summed E-state index contributed by atoms with van der Waals surface area (Å²) < 4.78 is 7.37. The van der Waals surface area contributed by atoms with E-state index in [1.807, 2.05) is 42.7 Å². The minimum absolute atomic E-state index is 0.566. The van der Waals surface area contributed by atoms with Crippen LogP contribution in [0.2, 0.25) is 5.02 Å². The van der Waals surface area contributed by atoms with E-state index < -0.39 is 0 Å². The molecule has 0 aliphatic carbocycles. The lowest BCUT2D eigenvalue weighted by molar-refractivity contribution is 0.188. The monoisotopic (exact) mass is 425 g/mol. The van der Waals surface area contributed by atoms with Gasteiger partial charge in [-0.15, -0.1) is 11.8 Å². The van der Waals surface area contributed by atoms with Crippen LogP contribution in [-0.4, -0.2) is 46.2 Å². The fraction of sp³-hybridized carbons (Fsp3) is 0.190. The average Bonchev–Trinajstić information content (AvgIpc) is 3.36. The molecule has 0 aliphatic rings. The molecule has 2 heterocycles. The molecule has 0 spiro atoms. The van der Waals surface area contributed by atoms with Crippen LogP contribution in [0.25, 0.3) is 33.9 Å². The van der Waals surface area contributed by atoms with E-state index in [4.69, 9.17) is 21.3 Å². The van der Waals surface area contributed by atoms with E-state index in [1.54, 1.807) is 25.1 Å². The molecule has 0 saturated carbocycles. The topological polar surface area (TPSA) is 68.1 Å². The van der Waals surface area contributed by atoms with Gasteiger partial charge in [0.2, 0.25) is 0 Å². The number of hydrogen-bond donors (Lipinski definition) is 1. The molecule has 1 N–H and O–H groups in total. The van der Waals surface area contributed by atoms with Crippen LogP contribution in [0.3, 0.4) is 0 Å². The minimum Gasteiger partial charge on any atom is -0.383 e. The molecule has 8 heteroatoms. The van der Waals surface area contributed by atoms with Crippen molar-refractivity contribution >= 4 is 46.8 Å². The van der Waals surface area contributed by atoms with Crippen LogP contribution in [0.5, 0.6) is 0 Å². The van der Waals surface area contributed by atoms with Crippen LogP contribution in [0.15, 0.2) is 52.5 Å². The molecular weight excluding hydrogens is 406 g/mol. The normalized spacial score (nSPS) is 11.3. The first-order chi connectivity index (χ1) is 14.1. The molecule has 148 valence electrons. The summed E-state index contributed by atoms with van der Waals surface area (Å²) in [5.74, 6) is 1.54. The second kappa shape index (κ2) is 8.41. The molecule has 29 heavy (non-hydrogen) atoms. The van der Waals surface area contributed by atoms with Crippen LogP contribution in [0, 0.1) is 0 Å². The smallest absolute Gasteiger partial charge is 0.159 e. The number of aromatic amines is 1. The van der Waals surface area contributed by atoms with E-state index in [2.05, 4.69) is 26.2 Å². The van der Waals surface area contributed by atoms with Crippen molar-refractivity contribution in [3.8, 4) is 22.9 Å². The lowest BCUT2D eigenvalue weighted by atomic mass is 10.2. The predicted molar refractivity (Wildman–Crippen MR) is 121 cm³/mol. The molecule has 0 bridgehead atoms. The fourth-order valence-corrected chi connectivity index (χ4v) is 3.96. The Morgan fingerprint density at radius 2 is 2.14 bits per heavy atom. The van der Waals surface area contributed by atoms with Gasteiger partial charge in [-0.3, -0.25) is 4.99 Å². The summed E-state index contributed by atoms with van der Waals surface area (Å²) in [7, 11) is 1.68. The SMILES string of the molecule is C=Nc1cc(-c2ncc(-c3nc4ccc(Cl)cc4n3CCOC)[nH]2)ccc1SC. The number of nitrogens with zero attached hydrogens (tertiary/aromatic N) is 4. The zero-order valence-corrected chi connectivity index (χ0v) is 17.7. The molecule has 0 fully saturated rings. The van der Waals surface area contributed by atoms with Crippen molar-refractivity contribution in [2.75, 3.05) is 20.0 Å². The van der Waals surface area contributed by atoms with Gasteiger partial charge in [-0.25, -0.2) is 9.97 Å². The summed E-state index contributed by atoms with van der Waals surface area (Å²) in [5.41, 5.74) is 4.45. The maximum atomic E-state index is 6.21. The van der Waals surface area contributed by atoms with Crippen LogP contribution in [-0.2, 0) is 11.3 Å². The molecule has 2 aromatic heterocycles. The first-order valence-corrected chi connectivity index (χ1v) is 10.6. The van der Waals surface area contributed by atoms with Gasteiger partial charge in [-0.2, -0.15) is 0 Å². The number of aliphatic imine (C=N–C) groups is 1. The standard InChI is InChI=1S/C21H20ClN5OS/c1-23-16-10-13(4-7-19(16)29-3)20-24-12-17(25-20)21-26-15-6-5-14(22)11-18(15)27(21)8-9-28-2/h4-7,10-12H,1,8-9H2,2-3H3,(H,24,25). The lowest BCUT2D eigenvalue weighted by Crippen LogP contribution is -2.06. The summed E-state index contributed by atoms with van der Waals surface area (Å²) in [6, 6.07) is 11.7. The summed E-state index contributed by atoms with van der Waals surface area (Å²) in [6.45, 7) is 4.89. The number of thioether (sulfide) groups is 1. The molecule has 4 rings (SSSR count). The molecule has 4 aromatic rings. The van der Waals surface area contributed by atoms with Gasteiger partial charge in [0.15, 0.2) is 5.82 Å². The Hall–Kier alpha value is -2.61. The van der Waals surface area contributed by atoms with E-state index in [0.29, 0.717) is 18.2 Å². The second-order valence-corrected chi connectivity index (χ2v) is 7.69. The number of aromatic nitrogens is 4. The lowest BCUT2D eigenvalue weighted by Gasteiger charge is -2.07. The summed E-state index contributed by atoms with van der Waals surface area (Å²) >= 11 is 7.85. The number of rotatable bonds is 7. The highest BCUT2D eigenvalue weighted by Crippen LogP contribution is 2.33. The zero-order valence-electron chi connectivity index (χ0n) is 16.1. The average molecular weight is 426 g/mol. The number of hydrogen-bond acceptors (Lipinski definition) is 5. The van der Waals surface area contributed by atoms with Crippen molar-refractivity contribution in [3.63, 3.8) is 0 Å². The zero-order chi connectivity index (χ0) is 20.4. The summed E-state index contributed by atoms with van der Waals surface area (Å²) in [5, 5.41) is 0.672. The third kappa shape index (κ3) is 3.81. The summed E-state index contributed by atoms with van der Waals surface area (Å²) in [4.78, 5) is 17.9. The number of H-pyrrole nitrogens is 1. The number of ether oxygens (including phenoxy) is 1. The summed E-state index contributed by atoms with van der Waals surface area (Å²) in [6.07, 6.45) is 3.82. The largest absolute Gasteiger partial charge is 0.383 e. The Morgan fingerprint density at radius 3 is 2.90 bits per heavy atom. The third-order valence-corrected chi connectivity index (χ3v) is 5.69. The molecule has 2 aromatic carbocycles. The van der Waals surface area contributed by atoms with E-state index in [1.165, 1.54) is 0 Å². The first kappa shape index (κ1) is 19.7. The quantitative estimate of drug-likeness (QED) is 0.316. The van der Waals surface area contributed by atoms with Gasteiger partial charge in [0.25, 0.3) is 0 Å². The maximum absolute atomic E-state index is 6.21. The van der Waals surface area contributed by atoms with Gasteiger partial charge in [-0.05, 0) is 49.4 Å². The van der Waals surface area contributed by atoms with Gasteiger partial charge in [-0.1, -0.05) is 11.6 Å². The molecule has 6 nitrogen and oxygen atoms in total. The predicted octanol–water partition coefficient (Wildman–Crippen LogP) is 5.45. The van der Waals surface area contributed by atoms with Crippen LogP contribution < -0.4 is 0 Å². The highest BCUT2D eigenvalue weighted by atomic mass is 35.5. The maximum Gasteiger partial charge on any atom is 0.159 e. The number of nitrogens with one attached hydrogen (secondary N) is 1. The van der Waals surface area contributed by atoms with Crippen molar-refractivity contribution in [1.82, 2.24) is 19.5 Å². The highest BCUT2D eigenvalue weighted by molar-refractivity contribution is 7.98. The molecule has 0 radical (unpaired) electrons. The van der Waals surface area contributed by atoms with Crippen molar-refractivity contribution in [3.05, 3.63) is 47.6 Å². The number of halogens is 1. The number of benzene rings is 2. The van der Waals surface area contributed by atoms with Gasteiger partial charge in [0, 0.05) is 29.1 Å². The van der Waals surface area contributed by atoms with Crippen molar-refractivity contribution in [2.45, 2.75) is 11.4 Å². The van der Waals surface area contributed by atoms with E-state index in [0.717, 1.165) is 44.5 Å². The molecule has 0 amide bonds. The number of imidazole rings is 2. The van der Waals surface area contributed by atoms with Gasteiger partial charge in [0.1, 0.15) is 11.5 Å². The Morgan fingerprint density at radius 1 is 1.28 bits per heavy atom. The number of methoxy groups -OCH3 is 1. The van der Waals surface area contributed by atoms with Crippen LogP contribution in [0.1, 0.15) is 0 Å². The van der Waals surface area contributed by atoms with Crippen molar-refractivity contribution in [1.29, 1.82) is 0 Å². The Labute approximate surface area is 178 Å². The molecule has 0 aliphatic heterocycles. The van der Waals surface area contributed by atoms with Crippen LogP contribution in [0.4, 0.5) is 5.69 Å². The second-order valence-electron chi connectivity index (χ2n) is 6.40. The van der Waals surface area contributed by atoms with Gasteiger partial charge in [0.05, 0.1) is 29.5 Å². The van der Waals surface area contributed by atoms with Gasteiger partial charge >= 0.3 is 0 Å². The van der Waals surface area contributed by atoms with Crippen molar-refractivity contribution in [2.24, 2.45) is 4.99 Å². The van der Waals surface area contributed by atoms with E-state index in [-0.39, 0.29) is 0 Å². The molecule has 0 unspecified atom stereocenters. The molecule has 0 atom stereocenters. The third-order valence-electron chi connectivity index (χ3n) is 4.67.